The van der Waals surface area contributed by atoms with Crippen molar-refractivity contribution in [2.45, 2.75) is 20.3 Å². The van der Waals surface area contributed by atoms with Crippen LogP contribution in [-0.2, 0) is 4.79 Å². The molecule has 2 aromatic carbocycles. The quantitative estimate of drug-likeness (QED) is 0.740. The molecule has 3 nitrogen and oxygen atoms in total. The topological polar surface area (TPSA) is 50.2 Å². The third-order valence-corrected chi connectivity index (χ3v) is 4.79. The summed E-state index contributed by atoms with van der Waals surface area (Å²) in [6.45, 7) is 4.06. The maximum Gasteiger partial charge on any atom is 0.307 e. The van der Waals surface area contributed by atoms with E-state index in [4.69, 9.17) is 0 Å². The number of nitrogens with zero attached hydrogens (tertiary/aromatic N) is 1. The van der Waals surface area contributed by atoms with Crippen molar-refractivity contribution in [1.29, 1.82) is 0 Å². The number of aryl methyl sites for hydroxylation is 2. The number of carbonyl (C=O) groups is 1. The van der Waals surface area contributed by atoms with Crippen LogP contribution in [0.2, 0.25) is 0 Å². The average Bonchev–Trinajstić information content (AvgIpc) is 2.93. The lowest BCUT2D eigenvalue weighted by Gasteiger charge is -2.05. The van der Waals surface area contributed by atoms with E-state index in [1.165, 1.54) is 11.3 Å². The lowest BCUT2D eigenvalue weighted by Crippen LogP contribution is -1.97. The van der Waals surface area contributed by atoms with E-state index in [0.717, 1.165) is 37.5 Å². The molecule has 0 saturated heterocycles. The number of para-hydroxylation sites is 1. The summed E-state index contributed by atoms with van der Waals surface area (Å²) in [5.41, 5.74) is 4.97. The number of carboxylic acids is 1. The Bertz CT molecular complexity index is 876. The molecule has 0 radical (unpaired) electrons. The van der Waals surface area contributed by atoms with Crippen molar-refractivity contribution in [2.75, 3.05) is 0 Å². The van der Waals surface area contributed by atoms with Gasteiger partial charge in [-0.3, -0.25) is 4.79 Å². The predicted molar refractivity (Wildman–Crippen MR) is 95.7 cm³/mol. The van der Waals surface area contributed by atoms with Crippen molar-refractivity contribution in [1.82, 2.24) is 4.98 Å². The molecule has 0 amide bonds. The van der Waals surface area contributed by atoms with Crippen molar-refractivity contribution in [3.63, 3.8) is 0 Å². The molecule has 1 heterocycles. The van der Waals surface area contributed by atoms with Gasteiger partial charge in [-0.15, -0.1) is 11.3 Å². The van der Waals surface area contributed by atoms with E-state index in [9.17, 15) is 9.90 Å². The zero-order valence-corrected chi connectivity index (χ0v) is 13.9. The maximum atomic E-state index is 11.3. The van der Waals surface area contributed by atoms with Gasteiger partial charge in [-0.05, 0) is 48.8 Å². The molecule has 1 N–H and O–H groups in total. The highest BCUT2D eigenvalue weighted by molar-refractivity contribution is 7.19. The first-order chi connectivity index (χ1) is 11.0. The molecule has 0 bridgehead atoms. The molecular formula is C19H17NO2S. The van der Waals surface area contributed by atoms with Gasteiger partial charge in [0.1, 0.15) is 5.01 Å². The Morgan fingerprint density at radius 1 is 1.22 bits per heavy atom. The molecule has 0 aliphatic heterocycles. The van der Waals surface area contributed by atoms with Crippen LogP contribution in [0.5, 0.6) is 0 Å². The number of aromatic nitrogens is 1. The van der Waals surface area contributed by atoms with Gasteiger partial charge < -0.3 is 5.11 Å². The largest absolute Gasteiger partial charge is 0.481 e. The molecule has 0 aliphatic carbocycles. The second kappa shape index (κ2) is 6.34. The molecule has 0 aliphatic rings. The first-order valence-electron chi connectivity index (χ1n) is 7.38. The van der Waals surface area contributed by atoms with Crippen LogP contribution in [0, 0.1) is 13.8 Å². The monoisotopic (exact) mass is 323 g/mol. The SMILES string of the molecule is Cc1ccc(C)c(/C=C(\CC(=O)O)c2nc3ccccc3s2)c1. The van der Waals surface area contributed by atoms with Crippen molar-refractivity contribution in [3.8, 4) is 0 Å². The molecule has 3 aromatic rings. The van der Waals surface area contributed by atoms with Gasteiger partial charge in [0, 0.05) is 0 Å². The fourth-order valence-corrected chi connectivity index (χ4v) is 3.44. The van der Waals surface area contributed by atoms with Gasteiger partial charge in [0.05, 0.1) is 16.6 Å². The van der Waals surface area contributed by atoms with E-state index in [-0.39, 0.29) is 6.42 Å². The van der Waals surface area contributed by atoms with E-state index >= 15 is 0 Å². The number of rotatable bonds is 4. The first-order valence-corrected chi connectivity index (χ1v) is 8.20. The van der Waals surface area contributed by atoms with Gasteiger partial charge in [0.15, 0.2) is 0 Å². The van der Waals surface area contributed by atoms with Crippen molar-refractivity contribution >= 4 is 39.2 Å². The fraction of sp³-hybridized carbons (Fsp3) is 0.158. The van der Waals surface area contributed by atoms with Gasteiger partial charge >= 0.3 is 5.97 Å². The molecular weight excluding hydrogens is 306 g/mol. The smallest absolute Gasteiger partial charge is 0.307 e. The minimum atomic E-state index is -0.846. The Kier molecular flexibility index (Phi) is 4.26. The summed E-state index contributed by atoms with van der Waals surface area (Å²) < 4.78 is 1.07. The number of benzene rings is 2. The van der Waals surface area contributed by atoms with E-state index in [1.807, 2.05) is 44.2 Å². The number of aliphatic carboxylic acids is 1. The zero-order valence-electron chi connectivity index (χ0n) is 13.0. The number of hydrogen-bond donors (Lipinski definition) is 1. The van der Waals surface area contributed by atoms with Gasteiger partial charge in [-0.25, -0.2) is 4.98 Å². The van der Waals surface area contributed by atoms with Gasteiger partial charge in [-0.2, -0.15) is 0 Å². The molecule has 0 fully saturated rings. The van der Waals surface area contributed by atoms with E-state index in [2.05, 4.69) is 23.2 Å². The van der Waals surface area contributed by atoms with Crippen LogP contribution < -0.4 is 0 Å². The third-order valence-electron chi connectivity index (χ3n) is 3.67. The van der Waals surface area contributed by atoms with E-state index in [0.29, 0.717) is 0 Å². The number of carboxylic acid groups (broad SMARTS) is 1. The van der Waals surface area contributed by atoms with Gasteiger partial charge in [0.25, 0.3) is 0 Å². The minimum absolute atomic E-state index is 0.0345. The standard InChI is InChI=1S/C19H17NO2S/c1-12-7-8-13(2)14(9-12)10-15(11-18(21)22)19-20-16-5-3-4-6-17(16)23-19/h3-10H,11H2,1-2H3,(H,21,22)/b15-10+. The van der Waals surface area contributed by atoms with Crippen LogP contribution in [0.3, 0.4) is 0 Å². The van der Waals surface area contributed by atoms with Gasteiger partial charge in [-0.1, -0.05) is 35.9 Å². The van der Waals surface area contributed by atoms with Crippen LogP contribution in [0.1, 0.15) is 28.1 Å². The summed E-state index contributed by atoms with van der Waals surface area (Å²) in [4.78, 5) is 15.9. The highest BCUT2D eigenvalue weighted by atomic mass is 32.1. The van der Waals surface area contributed by atoms with Gasteiger partial charge in [0.2, 0.25) is 0 Å². The maximum absolute atomic E-state index is 11.3. The van der Waals surface area contributed by atoms with E-state index < -0.39 is 5.97 Å². The summed E-state index contributed by atoms with van der Waals surface area (Å²) in [6, 6.07) is 14.1. The summed E-state index contributed by atoms with van der Waals surface area (Å²) in [7, 11) is 0. The van der Waals surface area contributed by atoms with Crippen LogP contribution in [0.15, 0.2) is 42.5 Å². The second-order valence-electron chi connectivity index (χ2n) is 5.59. The number of fused-ring (bicyclic) bond motifs is 1. The minimum Gasteiger partial charge on any atom is -0.481 e. The summed E-state index contributed by atoms with van der Waals surface area (Å²) in [6.07, 6.45) is 1.92. The van der Waals surface area contributed by atoms with Crippen LogP contribution in [-0.4, -0.2) is 16.1 Å². The molecule has 0 unspecified atom stereocenters. The Balaban J connectivity index is 2.11. The highest BCUT2D eigenvalue weighted by Gasteiger charge is 2.13. The molecule has 0 spiro atoms. The van der Waals surface area contributed by atoms with Crippen molar-refractivity contribution in [2.24, 2.45) is 0 Å². The molecule has 3 rings (SSSR count). The average molecular weight is 323 g/mol. The Labute approximate surface area is 138 Å². The molecule has 0 atom stereocenters. The lowest BCUT2D eigenvalue weighted by atomic mass is 10.0. The van der Waals surface area contributed by atoms with Crippen LogP contribution in [0.4, 0.5) is 0 Å². The summed E-state index contributed by atoms with van der Waals surface area (Å²) in [5.74, 6) is -0.846. The van der Waals surface area contributed by atoms with E-state index in [1.54, 1.807) is 0 Å². The highest BCUT2D eigenvalue weighted by Crippen LogP contribution is 2.30. The summed E-state index contributed by atoms with van der Waals surface area (Å²) >= 11 is 1.53. The second-order valence-corrected chi connectivity index (χ2v) is 6.62. The molecule has 23 heavy (non-hydrogen) atoms. The Morgan fingerprint density at radius 3 is 2.74 bits per heavy atom. The number of thiazole rings is 1. The van der Waals surface area contributed by atoms with Crippen LogP contribution in [0.25, 0.3) is 21.9 Å². The molecule has 1 aromatic heterocycles. The Morgan fingerprint density at radius 2 is 2.00 bits per heavy atom. The summed E-state index contributed by atoms with van der Waals surface area (Å²) in [5, 5.41) is 10.0. The van der Waals surface area contributed by atoms with Crippen molar-refractivity contribution in [3.05, 3.63) is 64.2 Å². The zero-order chi connectivity index (χ0) is 16.4. The predicted octanol–water partition coefficient (Wildman–Crippen LogP) is 4.93. The number of hydrogen-bond acceptors (Lipinski definition) is 3. The Hall–Kier alpha value is -2.46. The van der Waals surface area contributed by atoms with Crippen molar-refractivity contribution < 1.29 is 9.90 Å². The molecule has 0 saturated carbocycles. The first kappa shape index (κ1) is 15.4. The lowest BCUT2D eigenvalue weighted by molar-refractivity contribution is -0.135. The van der Waals surface area contributed by atoms with Crippen LogP contribution >= 0.6 is 11.3 Å². The fourth-order valence-electron chi connectivity index (χ4n) is 2.46. The molecule has 4 heteroatoms. The normalized spacial score (nSPS) is 11.8. The third kappa shape index (κ3) is 3.48. The molecule has 116 valence electrons.